The highest BCUT2D eigenvalue weighted by molar-refractivity contribution is 5.54. The van der Waals surface area contributed by atoms with Crippen molar-refractivity contribution in [1.29, 1.82) is 0 Å². The van der Waals surface area contributed by atoms with Gasteiger partial charge >= 0.3 is 0 Å². The first-order valence-electron chi connectivity index (χ1n) is 4.50. The van der Waals surface area contributed by atoms with E-state index in [9.17, 15) is 5.21 Å². The quantitative estimate of drug-likeness (QED) is 0.546. The molecule has 0 atom stereocenters. The van der Waals surface area contributed by atoms with E-state index in [1.165, 1.54) is 19.5 Å². The third kappa shape index (κ3) is 1.88. The number of methoxy groups -OCH3 is 1. The Morgan fingerprint density at radius 3 is 2.60 bits per heavy atom. The predicted octanol–water partition coefficient (Wildman–Crippen LogP) is 1.39. The highest BCUT2D eigenvalue weighted by Crippen LogP contribution is 2.14. The van der Waals surface area contributed by atoms with Gasteiger partial charge in [0.2, 0.25) is 11.9 Å². The fourth-order valence-electron chi connectivity index (χ4n) is 1.30. The Balaban J connectivity index is 2.46. The zero-order valence-electron chi connectivity index (χ0n) is 8.25. The fraction of sp³-hybridized carbons (Fsp3) is 0.0909. The van der Waals surface area contributed by atoms with Crippen molar-refractivity contribution in [3.63, 3.8) is 0 Å². The number of ether oxygens (including phenoxy) is 1. The minimum absolute atomic E-state index is 0.310. The van der Waals surface area contributed by atoms with E-state index in [-0.39, 0.29) is 0 Å². The summed E-state index contributed by atoms with van der Waals surface area (Å²) in [5.74, 6) is 0.310. The first-order chi connectivity index (χ1) is 7.31. The molecule has 2 aromatic rings. The van der Waals surface area contributed by atoms with Gasteiger partial charge in [0.05, 0.1) is 7.11 Å². The molecule has 1 aromatic carbocycles. The Morgan fingerprint density at radius 1 is 1.27 bits per heavy atom. The highest BCUT2D eigenvalue weighted by Gasteiger charge is 2.09. The minimum Gasteiger partial charge on any atom is -0.618 e. The average Bonchev–Trinajstić information content (AvgIpc) is 2.30. The molecule has 0 fully saturated rings. The van der Waals surface area contributed by atoms with Crippen molar-refractivity contribution in [2.75, 3.05) is 7.11 Å². The van der Waals surface area contributed by atoms with Crippen molar-refractivity contribution in [3.8, 4) is 17.1 Å². The molecule has 1 heterocycles. The second-order valence-electron chi connectivity index (χ2n) is 3.01. The molecule has 0 N–H and O–H groups in total. The Hall–Kier alpha value is -2.10. The van der Waals surface area contributed by atoms with Gasteiger partial charge in [-0.1, -0.05) is 18.2 Å². The fourth-order valence-corrected chi connectivity index (χ4v) is 1.30. The van der Waals surface area contributed by atoms with Gasteiger partial charge in [-0.05, 0) is 12.1 Å². The molecule has 0 spiro atoms. The number of hydrogen-bond donors (Lipinski definition) is 0. The van der Waals surface area contributed by atoms with E-state index < -0.39 is 0 Å². The smallest absolute Gasteiger partial charge is 0.281 e. The third-order valence-corrected chi connectivity index (χ3v) is 2.06. The molecule has 0 amide bonds. The van der Waals surface area contributed by atoms with E-state index in [1.807, 2.05) is 30.3 Å². The van der Waals surface area contributed by atoms with Gasteiger partial charge in [-0.2, -0.15) is 4.73 Å². The van der Waals surface area contributed by atoms with Crippen LogP contribution in [0.25, 0.3) is 11.3 Å². The van der Waals surface area contributed by atoms with Crippen LogP contribution >= 0.6 is 0 Å². The summed E-state index contributed by atoms with van der Waals surface area (Å²) in [6, 6.07) is 9.37. The van der Waals surface area contributed by atoms with Crippen molar-refractivity contribution < 1.29 is 9.47 Å². The van der Waals surface area contributed by atoms with Crippen LogP contribution in [0.2, 0.25) is 0 Å². The molecular weight excluding hydrogens is 192 g/mol. The van der Waals surface area contributed by atoms with E-state index in [0.29, 0.717) is 11.6 Å². The topological polar surface area (TPSA) is 49.1 Å². The van der Waals surface area contributed by atoms with Crippen LogP contribution in [0.1, 0.15) is 0 Å². The average molecular weight is 202 g/mol. The maximum absolute atomic E-state index is 11.6. The van der Waals surface area contributed by atoms with Crippen LogP contribution in [-0.4, -0.2) is 12.1 Å². The monoisotopic (exact) mass is 202 g/mol. The van der Waals surface area contributed by atoms with E-state index in [2.05, 4.69) is 4.98 Å². The molecule has 0 aliphatic carbocycles. The Morgan fingerprint density at radius 2 is 2.00 bits per heavy atom. The lowest BCUT2D eigenvalue weighted by Crippen LogP contribution is -2.29. The molecule has 1 aromatic heterocycles. The summed E-state index contributed by atoms with van der Waals surface area (Å²) in [5.41, 5.74) is 1.35. The van der Waals surface area contributed by atoms with Gasteiger partial charge in [0.1, 0.15) is 6.20 Å². The van der Waals surface area contributed by atoms with Crippen molar-refractivity contribution in [2.45, 2.75) is 0 Å². The van der Waals surface area contributed by atoms with Crippen LogP contribution in [0.3, 0.4) is 0 Å². The molecule has 0 saturated carbocycles. The Labute approximate surface area is 87.4 Å². The second-order valence-corrected chi connectivity index (χ2v) is 3.01. The standard InChI is InChI=1S/C11H10N2O2/c1-15-11-8-13(14)10(7-12-11)9-5-3-2-4-6-9/h2-8H,1H3. The molecule has 4 nitrogen and oxygen atoms in total. The lowest BCUT2D eigenvalue weighted by atomic mass is 10.2. The first kappa shape index (κ1) is 9.45. The summed E-state index contributed by atoms with van der Waals surface area (Å²) in [7, 11) is 1.48. The minimum atomic E-state index is 0.310. The summed E-state index contributed by atoms with van der Waals surface area (Å²) >= 11 is 0. The van der Waals surface area contributed by atoms with E-state index in [1.54, 1.807) is 0 Å². The maximum Gasteiger partial charge on any atom is 0.281 e. The molecule has 0 saturated heterocycles. The zero-order valence-corrected chi connectivity index (χ0v) is 8.25. The molecule has 0 radical (unpaired) electrons. The van der Waals surface area contributed by atoms with Gasteiger partial charge in [-0.15, -0.1) is 0 Å². The molecule has 0 aliphatic heterocycles. The summed E-state index contributed by atoms with van der Waals surface area (Å²) < 4.78 is 5.61. The molecule has 0 unspecified atom stereocenters. The van der Waals surface area contributed by atoms with Gasteiger partial charge in [-0.3, -0.25) is 0 Å². The molecule has 0 aliphatic rings. The summed E-state index contributed by atoms with van der Waals surface area (Å²) in [6.45, 7) is 0. The summed E-state index contributed by atoms with van der Waals surface area (Å²) in [4.78, 5) is 3.99. The van der Waals surface area contributed by atoms with Crippen LogP contribution in [-0.2, 0) is 0 Å². The number of rotatable bonds is 2. The zero-order chi connectivity index (χ0) is 10.7. The van der Waals surface area contributed by atoms with Crippen LogP contribution in [0.5, 0.6) is 5.88 Å². The molecule has 4 heteroatoms. The Bertz CT molecular complexity index is 457. The first-order valence-corrected chi connectivity index (χ1v) is 4.50. The van der Waals surface area contributed by atoms with E-state index in [0.717, 1.165) is 10.3 Å². The Kier molecular flexibility index (Phi) is 2.49. The van der Waals surface area contributed by atoms with Crippen molar-refractivity contribution >= 4 is 0 Å². The molecule has 2 rings (SSSR count). The van der Waals surface area contributed by atoms with Gasteiger partial charge in [0.15, 0.2) is 0 Å². The normalized spacial score (nSPS) is 9.93. The number of aromatic nitrogens is 2. The van der Waals surface area contributed by atoms with Crippen LogP contribution < -0.4 is 9.47 Å². The van der Waals surface area contributed by atoms with E-state index >= 15 is 0 Å². The lowest BCUT2D eigenvalue weighted by Gasteiger charge is -2.04. The number of nitrogens with zero attached hydrogens (tertiary/aromatic N) is 2. The van der Waals surface area contributed by atoms with Crippen molar-refractivity contribution in [1.82, 2.24) is 4.98 Å². The highest BCUT2D eigenvalue weighted by atomic mass is 16.5. The summed E-state index contributed by atoms with van der Waals surface area (Å²) in [5, 5.41) is 11.6. The number of benzene rings is 1. The molecule has 15 heavy (non-hydrogen) atoms. The molecule has 76 valence electrons. The lowest BCUT2D eigenvalue weighted by molar-refractivity contribution is -0.594. The third-order valence-electron chi connectivity index (χ3n) is 2.06. The van der Waals surface area contributed by atoms with Gasteiger partial charge in [0.25, 0.3) is 5.88 Å². The van der Waals surface area contributed by atoms with Crippen molar-refractivity contribution in [2.24, 2.45) is 0 Å². The van der Waals surface area contributed by atoms with Crippen LogP contribution in [0.4, 0.5) is 0 Å². The SMILES string of the molecule is COc1c[n+]([O-])c(-c2ccccc2)cn1. The second kappa shape index (κ2) is 3.96. The van der Waals surface area contributed by atoms with E-state index in [4.69, 9.17) is 4.74 Å². The van der Waals surface area contributed by atoms with Crippen LogP contribution in [0.15, 0.2) is 42.7 Å². The summed E-state index contributed by atoms with van der Waals surface area (Å²) in [6.07, 6.45) is 2.81. The maximum atomic E-state index is 11.6. The largest absolute Gasteiger partial charge is 0.618 e. The number of hydrogen-bond acceptors (Lipinski definition) is 3. The van der Waals surface area contributed by atoms with Gasteiger partial charge in [0, 0.05) is 5.56 Å². The molecule has 0 bridgehead atoms. The predicted molar refractivity (Wildman–Crippen MR) is 55.2 cm³/mol. The van der Waals surface area contributed by atoms with Crippen molar-refractivity contribution in [3.05, 3.63) is 47.9 Å². The van der Waals surface area contributed by atoms with Crippen LogP contribution in [0, 0.1) is 5.21 Å². The van der Waals surface area contributed by atoms with Gasteiger partial charge in [-0.25, -0.2) is 4.98 Å². The van der Waals surface area contributed by atoms with Gasteiger partial charge < -0.3 is 9.94 Å². The molecular formula is C11H10N2O2.